The van der Waals surface area contributed by atoms with E-state index in [0.717, 1.165) is 38.0 Å². The lowest BCUT2D eigenvalue weighted by atomic mass is 10.0. The van der Waals surface area contributed by atoms with E-state index in [1.165, 1.54) is 21.3 Å². The van der Waals surface area contributed by atoms with Crippen LogP contribution < -0.4 is 26.4 Å². The Morgan fingerprint density at radius 2 is 0.634 bits per heavy atom. The van der Waals surface area contributed by atoms with E-state index < -0.39 is 184 Å². The van der Waals surface area contributed by atoms with Crippen molar-refractivity contribution in [3.8, 4) is 5.75 Å². The number of carbonyl (C=O) groups is 7. The van der Waals surface area contributed by atoms with E-state index in [2.05, 4.69) is 84.1 Å². The average Bonchev–Trinajstić information content (AvgIpc) is 0.791. The van der Waals surface area contributed by atoms with Crippen molar-refractivity contribution >= 4 is 66.8 Å². The monoisotopic (exact) mass is 1810 g/mol. The SMILES string of the molecule is C.COC(=O)CC(Cc1cc(F)c(F)cc1F)N([Si](C)(C)C)[Si](C)(C)C.COC(=O)CC(Cc1cc(F)c(F)cc1F)NC(=O)OC(C)(C)C.COC(=O)CC(Cc1cc(F)c(F)cc1F)NC(=O)OCc1ccccc1.COC(=O)CC(Cc1cc(F)c(F)cc1F)NO[Si](C)(C)C.COC(=O)CC(Cc1cc(F)c(F)cc1F)NOc1ccccc1. The summed E-state index contributed by atoms with van der Waals surface area (Å²) in [5.41, 5.74) is 4.91. The summed E-state index contributed by atoms with van der Waals surface area (Å²) in [7, 11) is 0.427. The smallest absolute Gasteiger partial charge is 0.407 e. The minimum absolute atomic E-state index is 0. The van der Waals surface area contributed by atoms with Gasteiger partial charge < -0.3 is 57.4 Å². The van der Waals surface area contributed by atoms with Crippen LogP contribution in [0.4, 0.5) is 75.4 Å². The number of rotatable bonds is 33. The molecule has 5 atom stereocenters. The number of hydroxylamine groups is 2. The number of alkyl carbamates (subject to hydrolysis) is 2. The molecule has 0 fully saturated rings. The molecule has 0 heterocycles. The number of hydrogen-bond donors (Lipinski definition) is 4. The molecule has 0 radical (unpaired) electrons. The van der Waals surface area contributed by atoms with Gasteiger partial charge in [0.15, 0.2) is 58.2 Å². The Morgan fingerprint density at radius 3 is 0.943 bits per heavy atom. The summed E-state index contributed by atoms with van der Waals surface area (Å²) in [5.74, 6) is -19.0. The highest BCUT2D eigenvalue weighted by Crippen LogP contribution is 2.30. The van der Waals surface area contributed by atoms with Crippen molar-refractivity contribution in [2.24, 2.45) is 0 Å². The number of nitrogens with one attached hydrogen (secondary N) is 4. The fourth-order valence-corrected chi connectivity index (χ4v) is 22.8. The van der Waals surface area contributed by atoms with Crippen molar-refractivity contribution < 1.29 is 142 Å². The number of amides is 2. The molecule has 0 bridgehead atoms. The molecule has 0 spiro atoms. The maximum absolute atomic E-state index is 14.1. The van der Waals surface area contributed by atoms with Crippen molar-refractivity contribution in [1.82, 2.24) is 25.8 Å². The largest absolute Gasteiger partial charge is 0.469 e. The second-order valence-electron chi connectivity index (χ2n) is 31.1. The van der Waals surface area contributed by atoms with Gasteiger partial charge in [-0.15, -0.1) is 0 Å². The fraction of sp³-hybridized carbons (Fsp3) is 0.417. The highest BCUT2D eigenvalue weighted by Gasteiger charge is 2.41. The van der Waals surface area contributed by atoms with Crippen LogP contribution in [-0.2, 0) is 100 Å². The van der Waals surface area contributed by atoms with E-state index in [1.54, 1.807) is 75.4 Å². The number of para-hydroxylation sites is 1. The molecule has 2 amide bonds. The summed E-state index contributed by atoms with van der Waals surface area (Å²) in [4.78, 5) is 86.9. The minimum Gasteiger partial charge on any atom is -0.469 e. The number of hydrogen-bond acceptors (Lipinski definition) is 19. The van der Waals surface area contributed by atoms with Gasteiger partial charge in [0, 0.05) is 54.5 Å². The van der Waals surface area contributed by atoms with Crippen molar-refractivity contribution in [3.05, 3.63) is 242 Å². The van der Waals surface area contributed by atoms with Crippen LogP contribution in [0, 0.1) is 87.3 Å². The summed E-state index contributed by atoms with van der Waals surface area (Å²) in [6.07, 6.45) is -2.86. The normalized spacial score (nSPS) is 12.4. The van der Waals surface area contributed by atoms with E-state index in [4.69, 9.17) is 23.6 Å². The first kappa shape index (κ1) is 109. The Bertz CT molecular complexity index is 4580. The first-order chi connectivity index (χ1) is 56.8. The van der Waals surface area contributed by atoms with Crippen LogP contribution in [0.15, 0.2) is 121 Å². The van der Waals surface area contributed by atoms with E-state index in [-0.39, 0.29) is 112 Å². The number of nitrogens with zero attached hydrogens (tertiary/aromatic N) is 1. The maximum Gasteiger partial charge on any atom is 0.407 e. The quantitative estimate of drug-likeness (QED) is 0.00745. The molecule has 5 unspecified atom stereocenters. The van der Waals surface area contributed by atoms with Gasteiger partial charge in [0.05, 0.1) is 73.7 Å². The summed E-state index contributed by atoms with van der Waals surface area (Å²) in [6, 6.07) is 20.2. The zero-order valence-corrected chi connectivity index (χ0v) is 73.4. The van der Waals surface area contributed by atoms with Crippen molar-refractivity contribution in [2.75, 3.05) is 35.5 Å². The predicted octanol–water partition coefficient (Wildman–Crippen LogP) is 17.9. The van der Waals surface area contributed by atoms with Gasteiger partial charge in [-0.05, 0) is 148 Å². The first-order valence-electron chi connectivity index (χ1n) is 37.5. The minimum atomic E-state index is -1.92. The van der Waals surface area contributed by atoms with Gasteiger partial charge in [0.2, 0.25) is 8.32 Å². The number of methoxy groups -OCH3 is 5. The van der Waals surface area contributed by atoms with Crippen molar-refractivity contribution in [3.63, 3.8) is 0 Å². The van der Waals surface area contributed by atoms with Gasteiger partial charge in [-0.2, -0.15) is 5.48 Å². The molecule has 0 aromatic heterocycles. The molecule has 0 saturated carbocycles. The Hall–Kier alpha value is -10.3. The zero-order valence-electron chi connectivity index (χ0n) is 70.4. The molecular weight excluding hydrogens is 1700 g/mol. The standard InChI is InChI=1S/C19H18F3NO4.C17H16F3NO3.C17H28F3NO2Si2.C16H20F3NO4.C14H20F3NO3Si.CH4/c1-26-18(24)9-14(7-13-8-16(21)17(22)10-15(13)20)23-19(25)27-11-12-5-3-2-4-6-12;1-23-17(22)9-12(21-24-13-5-3-2-4-6-13)7-11-8-15(19)16(20)10-14(11)18;1-23-17(22)10-13(21(24(2,3)4)25(5,6)7)8-12-9-15(19)16(20)11-14(12)18;1-16(2,3)24-15(22)20-10(7-14(21)23-4)5-9-6-12(18)13(19)8-11(9)17;1-20-14(19)7-10(18-21-22(2,3)4)5-9-6-12(16)13(17)8-11(9)15;/h2-6,8,10,14H,7,9,11H2,1H3,(H,23,25);2-6,8,10,12,21H,7,9H2,1H3;9,11,13H,8,10H2,1-7H3;6,8,10H,5,7H2,1-4H3,(H,20,22);6,8,10,18H,5,7H2,1-4H3;1H4. The third kappa shape index (κ3) is 41.1. The van der Waals surface area contributed by atoms with E-state index >= 15 is 0 Å². The summed E-state index contributed by atoms with van der Waals surface area (Å²) < 4.78 is 242. The Morgan fingerprint density at radius 1 is 0.358 bits per heavy atom. The Labute approximate surface area is 708 Å². The number of esters is 5. The van der Waals surface area contributed by atoms with Gasteiger partial charge in [-0.1, -0.05) is 95.2 Å². The highest BCUT2D eigenvalue weighted by molar-refractivity contribution is 6.89. The van der Waals surface area contributed by atoms with Crippen LogP contribution in [0.3, 0.4) is 0 Å². The topological polar surface area (TPSA) is 254 Å². The molecule has 123 heavy (non-hydrogen) atoms. The summed E-state index contributed by atoms with van der Waals surface area (Å²) >= 11 is 0. The maximum atomic E-state index is 14.1. The third-order valence-electron chi connectivity index (χ3n) is 16.6. The van der Waals surface area contributed by atoms with Gasteiger partial charge in [-0.25, -0.2) is 80.9 Å². The lowest BCUT2D eigenvalue weighted by Crippen LogP contribution is -2.64. The molecule has 680 valence electrons. The number of halogens is 15. The van der Waals surface area contributed by atoms with E-state index in [9.17, 15) is 99.4 Å². The molecule has 0 aliphatic rings. The fourth-order valence-electron chi connectivity index (χ4n) is 11.7. The van der Waals surface area contributed by atoms with Crippen LogP contribution in [0.1, 0.15) is 93.7 Å². The molecule has 0 aliphatic carbocycles. The van der Waals surface area contributed by atoms with Gasteiger partial charge in [0.25, 0.3) is 0 Å². The molecule has 0 saturated heterocycles. The van der Waals surface area contributed by atoms with Crippen LogP contribution in [-0.4, -0.2) is 142 Å². The molecule has 7 rings (SSSR count). The van der Waals surface area contributed by atoms with Crippen LogP contribution in [0.25, 0.3) is 0 Å². The van der Waals surface area contributed by atoms with E-state index in [1.807, 2.05) is 25.7 Å². The van der Waals surface area contributed by atoms with Gasteiger partial charge in [-0.3, -0.25) is 24.0 Å². The Kier molecular flexibility index (Phi) is 45.7. The predicted molar refractivity (Wildman–Crippen MR) is 434 cm³/mol. The average molecular weight is 1810 g/mol. The van der Waals surface area contributed by atoms with Crippen LogP contribution in [0.2, 0.25) is 58.9 Å². The van der Waals surface area contributed by atoms with Crippen molar-refractivity contribution in [2.45, 2.75) is 194 Å². The molecule has 39 heteroatoms. The van der Waals surface area contributed by atoms with Crippen LogP contribution in [0.5, 0.6) is 5.75 Å². The van der Waals surface area contributed by atoms with Gasteiger partial charge >= 0.3 is 42.0 Å². The summed E-state index contributed by atoms with van der Waals surface area (Å²) in [5, 5.41) is 4.82. The number of benzene rings is 7. The molecule has 0 aliphatic heterocycles. The second kappa shape index (κ2) is 51.7. The number of carbonyl (C=O) groups excluding carboxylic acids is 7. The highest BCUT2D eigenvalue weighted by atomic mass is 28.4. The van der Waals surface area contributed by atoms with Crippen LogP contribution >= 0.6 is 0 Å². The molecule has 7 aromatic carbocycles. The first-order valence-corrected chi connectivity index (χ1v) is 47.8. The lowest BCUT2D eigenvalue weighted by molar-refractivity contribution is -0.142. The van der Waals surface area contributed by atoms with E-state index in [0.29, 0.717) is 48.2 Å². The second-order valence-corrected chi connectivity index (χ2v) is 45.6. The lowest BCUT2D eigenvalue weighted by Gasteiger charge is -2.48. The van der Waals surface area contributed by atoms with Gasteiger partial charge in [0.1, 0.15) is 63.5 Å². The Balaban J connectivity index is 0.000000521. The number of ether oxygens (including phenoxy) is 7. The van der Waals surface area contributed by atoms with Crippen molar-refractivity contribution in [1.29, 1.82) is 0 Å². The third-order valence-corrected chi connectivity index (χ3v) is 25.0. The summed E-state index contributed by atoms with van der Waals surface area (Å²) in [6.45, 7) is 23.7. The molecule has 7 aromatic rings. The zero-order chi connectivity index (χ0) is 92.3. The molecular formula is C84H106F15N5O16Si3. The molecule has 21 nitrogen and oxygen atoms in total. The molecule has 4 N–H and O–H groups in total.